The molecule has 1 rings (SSSR count). The molecule has 126 valence electrons. The van der Waals surface area contributed by atoms with Crippen LogP contribution in [0, 0.1) is 0 Å². The van der Waals surface area contributed by atoms with E-state index in [9.17, 15) is 13.2 Å². The van der Waals surface area contributed by atoms with Crippen molar-refractivity contribution in [2.24, 2.45) is 0 Å². The van der Waals surface area contributed by atoms with Crippen molar-refractivity contribution >= 4 is 9.76 Å². The summed E-state index contributed by atoms with van der Waals surface area (Å²) in [6.07, 6.45) is -4.35. The van der Waals surface area contributed by atoms with E-state index in [2.05, 4.69) is 0 Å². The van der Waals surface area contributed by atoms with Gasteiger partial charge in [-0.3, -0.25) is 0 Å². The SMILES string of the molecule is CC(C)OC(O[SiH2]Cc1ccc(C(F)(F)F)cc1)OC(C)C. The Morgan fingerprint density at radius 2 is 1.45 bits per heavy atom. The van der Waals surface area contributed by atoms with Crippen molar-refractivity contribution in [2.75, 3.05) is 0 Å². The molecule has 0 atom stereocenters. The van der Waals surface area contributed by atoms with Crippen molar-refractivity contribution in [2.45, 2.75) is 58.6 Å². The van der Waals surface area contributed by atoms with Crippen LogP contribution < -0.4 is 0 Å². The molecule has 0 saturated heterocycles. The van der Waals surface area contributed by atoms with Gasteiger partial charge >= 0.3 is 6.18 Å². The fraction of sp³-hybridized carbons (Fsp3) is 0.600. The average Bonchev–Trinajstić information content (AvgIpc) is 2.36. The number of rotatable bonds is 8. The second-order valence-electron chi connectivity index (χ2n) is 5.47. The molecular formula is C15H23F3O3Si. The molecule has 0 aliphatic carbocycles. The van der Waals surface area contributed by atoms with E-state index in [1.165, 1.54) is 12.1 Å². The predicted octanol–water partition coefficient (Wildman–Crippen LogP) is 3.44. The summed E-state index contributed by atoms with van der Waals surface area (Å²) in [4.78, 5) is 0. The lowest BCUT2D eigenvalue weighted by molar-refractivity contribution is -0.275. The van der Waals surface area contributed by atoms with Gasteiger partial charge in [0.15, 0.2) is 9.76 Å². The lowest BCUT2D eigenvalue weighted by atomic mass is 10.1. The van der Waals surface area contributed by atoms with Crippen molar-refractivity contribution in [3.05, 3.63) is 35.4 Å². The normalized spacial score (nSPS) is 13.2. The summed E-state index contributed by atoms with van der Waals surface area (Å²) < 4.78 is 54.1. The molecule has 0 heterocycles. The monoisotopic (exact) mass is 336 g/mol. The lowest BCUT2D eigenvalue weighted by Crippen LogP contribution is -2.29. The Labute approximate surface area is 131 Å². The summed E-state index contributed by atoms with van der Waals surface area (Å²) in [5, 5.41) is 0. The first-order chi connectivity index (χ1) is 10.2. The van der Waals surface area contributed by atoms with Crippen molar-refractivity contribution in [1.82, 2.24) is 0 Å². The van der Waals surface area contributed by atoms with Gasteiger partial charge in [0.1, 0.15) is 0 Å². The Balaban J connectivity index is 2.47. The molecular weight excluding hydrogens is 313 g/mol. The van der Waals surface area contributed by atoms with E-state index in [0.29, 0.717) is 6.04 Å². The molecule has 0 aliphatic rings. The van der Waals surface area contributed by atoms with Gasteiger partial charge in [0, 0.05) is 0 Å². The number of hydrogen-bond donors (Lipinski definition) is 0. The summed E-state index contributed by atoms with van der Waals surface area (Å²) in [6.45, 7) is 6.84. The fourth-order valence-electron chi connectivity index (χ4n) is 1.69. The zero-order valence-electron chi connectivity index (χ0n) is 13.3. The van der Waals surface area contributed by atoms with Gasteiger partial charge in [-0.15, -0.1) is 0 Å². The van der Waals surface area contributed by atoms with Crippen LogP contribution in [0.4, 0.5) is 13.2 Å². The van der Waals surface area contributed by atoms with Gasteiger partial charge in [0.25, 0.3) is 6.48 Å². The average molecular weight is 336 g/mol. The molecule has 1 aromatic carbocycles. The second-order valence-corrected chi connectivity index (χ2v) is 6.72. The van der Waals surface area contributed by atoms with Gasteiger partial charge in [-0.05, 0) is 51.4 Å². The lowest BCUT2D eigenvalue weighted by Gasteiger charge is -2.23. The highest BCUT2D eigenvalue weighted by molar-refractivity contribution is 6.26. The highest BCUT2D eigenvalue weighted by Crippen LogP contribution is 2.29. The van der Waals surface area contributed by atoms with Gasteiger partial charge in [-0.25, -0.2) is 0 Å². The summed E-state index contributed by atoms with van der Waals surface area (Å²) in [6, 6.07) is 5.78. The summed E-state index contributed by atoms with van der Waals surface area (Å²) in [5.41, 5.74) is 0.190. The van der Waals surface area contributed by atoms with E-state index in [1.54, 1.807) is 0 Å². The molecule has 0 unspecified atom stereocenters. The molecule has 0 spiro atoms. The minimum atomic E-state index is -4.30. The van der Waals surface area contributed by atoms with E-state index in [1.807, 2.05) is 27.7 Å². The first-order valence-corrected chi connectivity index (χ1v) is 8.85. The van der Waals surface area contributed by atoms with Crippen molar-refractivity contribution in [1.29, 1.82) is 0 Å². The van der Waals surface area contributed by atoms with Crippen LogP contribution in [0.3, 0.4) is 0 Å². The number of alkyl halides is 3. The van der Waals surface area contributed by atoms with E-state index >= 15 is 0 Å². The van der Waals surface area contributed by atoms with Gasteiger partial charge in [0.05, 0.1) is 17.8 Å². The molecule has 22 heavy (non-hydrogen) atoms. The van der Waals surface area contributed by atoms with Gasteiger partial charge in [-0.1, -0.05) is 12.1 Å². The third-order valence-corrected chi connectivity index (χ3v) is 3.98. The van der Waals surface area contributed by atoms with Crippen molar-refractivity contribution < 1.29 is 27.1 Å². The third kappa shape index (κ3) is 7.39. The Morgan fingerprint density at radius 1 is 0.955 bits per heavy atom. The van der Waals surface area contributed by atoms with E-state index in [4.69, 9.17) is 13.9 Å². The van der Waals surface area contributed by atoms with Gasteiger partial charge in [0.2, 0.25) is 0 Å². The quantitative estimate of drug-likeness (QED) is 0.538. The molecule has 0 saturated carbocycles. The minimum absolute atomic E-state index is 0.0242. The standard InChI is InChI=1S/C15H23F3O3Si/c1-10(2)19-14(20-11(3)4)21-22-9-12-5-7-13(8-6-12)15(16,17)18/h5-8,10-11,14H,9,22H2,1-4H3. The number of benzene rings is 1. The highest BCUT2D eigenvalue weighted by Gasteiger charge is 2.29. The summed E-state index contributed by atoms with van der Waals surface area (Å²) >= 11 is 0. The predicted molar refractivity (Wildman–Crippen MR) is 81.0 cm³/mol. The molecule has 0 radical (unpaired) electrons. The van der Waals surface area contributed by atoms with E-state index in [0.717, 1.165) is 17.7 Å². The maximum atomic E-state index is 12.5. The Hall–Kier alpha value is -0.893. The molecule has 3 nitrogen and oxygen atoms in total. The van der Waals surface area contributed by atoms with Crippen LogP contribution in [-0.4, -0.2) is 28.4 Å². The maximum absolute atomic E-state index is 12.5. The molecule has 0 aromatic heterocycles. The highest BCUT2D eigenvalue weighted by atomic mass is 28.2. The van der Waals surface area contributed by atoms with Crippen LogP contribution in [0.15, 0.2) is 24.3 Å². The Morgan fingerprint density at radius 3 is 1.86 bits per heavy atom. The topological polar surface area (TPSA) is 27.7 Å². The zero-order valence-corrected chi connectivity index (χ0v) is 14.7. The minimum Gasteiger partial charge on any atom is -0.378 e. The summed E-state index contributed by atoms with van der Waals surface area (Å²) in [7, 11) is -0.998. The Kier molecular flexibility index (Phi) is 7.54. The molecule has 0 aliphatic heterocycles. The van der Waals surface area contributed by atoms with Crippen LogP contribution in [0.25, 0.3) is 0 Å². The third-order valence-electron chi connectivity index (χ3n) is 2.69. The molecule has 0 amide bonds. The van der Waals surface area contributed by atoms with Crippen LogP contribution >= 0.6 is 0 Å². The van der Waals surface area contributed by atoms with Gasteiger partial charge in [-0.2, -0.15) is 13.2 Å². The maximum Gasteiger partial charge on any atom is 0.416 e. The summed E-state index contributed by atoms with van der Waals surface area (Å²) in [5.74, 6) is 0. The molecule has 1 aromatic rings. The number of ether oxygens (including phenoxy) is 2. The van der Waals surface area contributed by atoms with Crippen LogP contribution in [0.1, 0.15) is 38.8 Å². The van der Waals surface area contributed by atoms with E-state index < -0.39 is 28.0 Å². The zero-order chi connectivity index (χ0) is 16.8. The Bertz CT molecular complexity index is 423. The second kappa shape index (κ2) is 8.66. The molecule has 7 heteroatoms. The first kappa shape index (κ1) is 19.2. The molecule has 0 bridgehead atoms. The largest absolute Gasteiger partial charge is 0.416 e. The van der Waals surface area contributed by atoms with Crippen LogP contribution in [-0.2, 0) is 26.1 Å². The fourth-order valence-corrected chi connectivity index (χ4v) is 2.72. The van der Waals surface area contributed by atoms with Crippen molar-refractivity contribution in [3.63, 3.8) is 0 Å². The number of halogens is 3. The molecule has 0 fully saturated rings. The molecule has 0 N–H and O–H groups in total. The van der Waals surface area contributed by atoms with Crippen LogP contribution in [0.2, 0.25) is 0 Å². The smallest absolute Gasteiger partial charge is 0.378 e. The first-order valence-electron chi connectivity index (χ1n) is 7.27. The van der Waals surface area contributed by atoms with E-state index in [-0.39, 0.29) is 12.2 Å². The van der Waals surface area contributed by atoms with Gasteiger partial charge < -0.3 is 13.9 Å². The number of hydrogen-bond acceptors (Lipinski definition) is 3. The van der Waals surface area contributed by atoms with Crippen LogP contribution in [0.5, 0.6) is 0 Å². The van der Waals surface area contributed by atoms with Crippen molar-refractivity contribution in [3.8, 4) is 0 Å².